The number of aromatic nitrogens is 2. The first-order valence-corrected chi connectivity index (χ1v) is 7.36. The van der Waals surface area contributed by atoms with Gasteiger partial charge in [-0.2, -0.15) is 0 Å². The highest BCUT2D eigenvalue weighted by Gasteiger charge is 2.11. The number of ether oxygens (including phenoxy) is 2. The van der Waals surface area contributed by atoms with E-state index in [1.165, 1.54) is 13.4 Å². The van der Waals surface area contributed by atoms with Gasteiger partial charge in [-0.05, 0) is 23.8 Å². The molecule has 1 aromatic heterocycles. The second kappa shape index (κ2) is 6.30. The predicted molar refractivity (Wildman–Crippen MR) is 89.7 cm³/mol. The lowest BCUT2D eigenvalue weighted by Gasteiger charge is -2.10. The number of nitrogens with zero attached hydrogens (tertiary/aromatic N) is 2. The summed E-state index contributed by atoms with van der Waals surface area (Å²) in [5.74, 6) is 1.04. The quantitative estimate of drug-likeness (QED) is 0.737. The molecule has 0 bridgehead atoms. The number of halogens is 1. The SMILES string of the molecule is COc1cc2ncn(Cc3cccc(Cl)c3)c(=O)c2cc1OC. The summed E-state index contributed by atoms with van der Waals surface area (Å²) >= 11 is 5.99. The molecule has 23 heavy (non-hydrogen) atoms. The number of benzene rings is 2. The van der Waals surface area contributed by atoms with Crippen LogP contribution >= 0.6 is 11.6 Å². The molecule has 1 heterocycles. The summed E-state index contributed by atoms with van der Waals surface area (Å²) in [5, 5.41) is 1.11. The number of fused-ring (bicyclic) bond motifs is 1. The zero-order chi connectivity index (χ0) is 16.4. The summed E-state index contributed by atoms with van der Waals surface area (Å²) in [6, 6.07) is 10.7. The van der Waals surface area contributed by atoms with Crippen LogP contribution in [0.1, 0.15) is 5.56 Å². The van der Waals surface area contributed by atoms with Crippen molar-refractivity contribution in [2.24, 2.45) is 0 Å². The fraction of sp³-hybridized carbons (Fsp3) is 0.176. The Labute approximate surface area is 138 Å². The molecule has 0 aliphatic carbocycles. The highest BCUT2D eigenvalue weighted by molar-refractivity contribution is 6.30. The first kappa shape index (κ1) is 15.4. The van der Waals surface area contributed by atoms with Crippen molar-refractivity contribution in [3.63, 3.8) is 0 Å². The van der Waals surface area contributed by atoms with E-state index in [2.05, 4.69) is 4.98 Å². The number of hydrogen-bond acceptors (Lipinski definition) is 4. The molecule has 0 unspecified atom stereocenters. The third-order valence-electron chi connectivity index (χ3n) is 3.57. The van der Waals surface area contributed by atoms with Gasteiger partial charge in [0.1, 0.15) is 0 Å². The van der Waals surface area contributed by atoms with Gasteiger partial charge in [0.2, 0.25) is 0 Å². The van der Waals surface area contributed by atoms with Crippen molar-refractivity contribution < 1.29 is 9.47 Å². The fourth-order valence-electron chi connectivity index (χ4n) is 2.43. The monoisotopic (exact) mass is 330 g/mol. The van der Waals surface area contributed by atoms with Crippen molar-refractivity contribution in [2.75, 3.05) is 14.2 Å². The van der Waals surface area contributed by atoms with E-state index in [-0.39, 0.29) is 5.56 Å². The molecule has 0 saturated heterocycles. The number of rotatable bonds is 4. The van der Waals surface area contributed by atoms with Crippen molar-refractivity contribution in [3.05, 3.63) is 63.7 Å². The van der Waals surface area contributed by atoms with Crippen LogP contribution in [0.4, 0.5) is 0 Å². The Hall–Kier alpha value is -2.53. The van der Waals surface area contributed by atoms with Crippen LogP contribution in [0.15, 0.2) is 47.5 Å². The minimum atomic E-state index is -0.143. The molecule has 5 nitrogen and oxygen atoms in total. The lowest BCUT2D eigenvalue weighted by molar-refractivity contribution is 0.355. The van der Waals surface area contributed by atoms with Crippen molar-refractivity contribution in [1.82, 2.24) is 9.55 Å². The lowest BCUT2D eigenvalue weighted by atomic mass is 10.2. The Morgan fingerprint density at radius 2 is 1.87 bits per heavy atom. The molecule has 3 aromatic rings. The Morgan fingerprint density at radius 1 is 1.13 bits per heavy atom. The van der Waals surface area contributed by atoms with E-state index in [1.54, 1.807) is 29.9 Å². The van der Waals surface area contributed by atoms with Gasteiger partial charge in [-0.15, -0.1) is 0 Å². The molecule has 0 amide bonds. The molecule has 0 fully saturated rings. The second-order valence-corrected chi connectivity index (χ2v) is 5.47. The first-order valence-electron chi connectivity index (χ1n) is 6.98. The maximum atomic E-state index is 12.7. The summed E-state index contributed by atoms with van der Waals surface area (Å²) in [4.78, 5) is 17.0. The molecule has 2 aromatic carbocycles. The molecule has 0 atom stereocenters. The van der Waals surface area contributed by atoms with Gasteiger partial charge in [-0.25, -0.2) is 4.98 Å². The molecule has 0 N–H and O–H groups in total. The number of methoxy groups -OCH3 is 2. The normalized spacial score (nSPS) is 10.7. The molecule has 6 heteroatoms. The lowest BCUT2D eigenvalue weighted by Crippen LogP contribution is -2.21. The third-order valence-corrected chi connectivity index (χ3v) is 3.81. The average molecular weight is 331 g/mol. The van der Waals surface area contributed by atoms with Crippen LogP contribution in [0.25, 0.3) is 10.9 Å². The van der Waals surface area contributed by atoms with Crippen molar-refractivity contribution in [2.45, 2.75) is 6.54 Å². The molecule has 0 radical (unpaired) electrons. The van der Waals surface area contributed by atoms with Crippen LogP contribution in [0.5, 0.6) is 11.5 Å². The van der Waals surface area contributed by atoms with Gasteiger partial charge >= 0.3 is 0 Å². The van der Waals surface area contributed by atoms with E-state index < -0.39 is 0 Å². The summed E-state index contributed by atoms with van der Waals surface area (Å²) in [7, 11) is 3.08. The highest BCUT2D eigenvalue weighted by atomic mass is 35.5. The van der Waals surface area contributed by atoms with E-state index in [0.29, 0.717) is 34.0 Å². The molecule has 118 valence electrons. The number of hydrogen-bond donors (Lipinski definition) is 0. The van der Waals surface area contributed by atoms with E-state index >= 15 is 0 Å². The highest BCUT2D eigenvalue weighted by Crippen LogP contribution is 2.29. The van der Waals surface area contributed by atoms with E-state index in [4.69, 9.17) is 21.1 Å². The van der Waals surface area contributed by atoms with Gasteiger partial charge < -0.3 is 9.47 Å². The standard InChI is InChI=1S/C17H15ClN2O3/c1-22-15-7-13-14(8-16(15)23-2)19-10-20(17(13)21)9-11-4-3-5-12(18)6-11/h3-8,10H,9H2,1-2H3. The van der Waals surface area contributed by atoms with Gasteiger partial charge in [-0.1, -0.05) is 23.7 Å². The van der Waals surface area contributed by atoms with Gasteiger partial charge in [0.25, 0.3) is 5.56 Å². The van der Waals surface area contributed by atoms with Crippen LogP contribution in [0, 0.1) is 0 Å². The predicted octanol–water partition coefficient (Wildman–Crippen LogP) is 3.12. The fourth-order valence-corrected chi connectivity index (χ4v) is 2.64. The smallest absolute Gasteiger partial charge is 0.261 e. The van der Waals surface area contributed by atoms with E-state index in [1.807, 2.05) is 18.2 Å². The first-order chi connectivity index (χ1) is 11.1. The topological polar surface area (TPSA) is 53.4 Å². The minimum Gasteiger partial charge on any atom is -0.493 e. The summed E-state index contributed by atoms with van der Waals surface area (Å²) < 4.78 is 12.0. The van der Waals surface area contributed by atoms with Crippen molar-refractivity contribution in [1.29, 1.82) is 0 Å². The molecular weight excluding hydrogens is 316 g/mol. The van der Waals surface area contributed by atoms with E-state index in [0.717, 1.165) is 5.56 Å². The van der Waals surface area contributed by atoms with Crippen LogP contribution in [0.3, 0.4) is 0 Å². The zero-order valence-electron chi connectivity index (χ0n) is 12.7. The van der Waals surface area contributed by atoms with Crippen LogP contribution in [0.2, 0.25) is 5.02 Å². The van der Waals surface area contributed by atoms with Crippen LogP contribution in [-0.4, -0.2) is 23.8 Å². The molecular formula is C17H15ClN2O3. The Morgan fingerprint density at radius 3 is 2.57 bits per heavy atom. The second-order valence-electron chi connectivity index (χ2n) is 5.03. The third kappa shape index (κ3) is 3.00. The van der Waals surface area contributed by atoms with Crippen molar-refractivity contribution in [3.8, 4) is 11.5 Å². The molecule has 0 aliphatic heterocycles. The molecule has 0 spiro atoms. The van der Waals surface area contributed by atoms with Gasteiger partial charge in [-0.3, -0.25) is 9.36 Å². The van der Waals surface area contributed by atoms with Crippen LogP contribution < -0.4 is 15.0 Å². The van der Waals surface area contributed by atoms with Gasteiger partial charge in [0.15, 0.2) is 11.5 Å². The summed E-state index contributed by atoms with van der Waals surface area (Å²) in [5.41, 5.74) is 1.35. The molecule has 0 saturated carbocycles. The van der Waals surface area contributed by atoms with Gasteiger partial charge in [0.05, 0.1) is 38.0 Å². The maximum absolute atomic E-state index is 12.7. The minimum absolute atomic E-state index is 0.143. The largest absolute Gasteiger partial charge is 0.493 e. The molecule has 0 aliphatic rings. The van der Waals surface area contributed by atoms with Crippen molar-refractivity contribution >= 4 is 22.5 Å². The summed E-state index contributed by atoms with van der Waals surface area (Å²) in [6.07, 6.45) is 1.53. The van der Waals surface area contributed by atoms with E-state index in [9.17, 15) is 4.79 Å². The zero-order valence-corrected chi connectivity index (χ0v) is 13.5. The Kier molecular flexibility index (Phi) is 4.21. The Bertz CT molecular complexity index is 921. The van der Waals surface area contributed by atoms with Crippen LogP contribution in [-0.2, 0) is 6.54 Å². The average Bonchev–Trinajstić information content (AvgIpc) is 2.56. The molecule has 3 rings (SSSR count). The van der Waals surface area contributed by atoms with Gasteiger partial charge in [0, 0.05) is 11.1 Å². The summed E-state index contributed by atoms with van der Waals surface area (Å²) in [6.45, 7) is 0.399. The maximum Gasteiger partial charge on any atom is 0.261 e. The Balaban J connectivity index is 2.09.